The molecule has 0 aromatic heterocycles. The highest BCUT2D eigenvalue weighted by atomic mass is 16.6. The van der Waals surface area contributed by atoms with E-state index in [1.807, 2.05) is 114 Å². The summed E-state index contributed by atoms with van der Waals surface area (Å²) in [6, 6.07) is 20.9. The summed E-state index contributed by atoms with van der Waals surface area (Å²) in [5.74, 6) is -0.730. The van der Waals surface area contributed by atoms with Crippen LogP contribution in [0.15, 0.2) is 72.8 Å². The second-order valence-corrected chi connectivity index (χ2v) is 12.8. The Balaban J connectivity index is 2.13. The molecule has 3 aromatic rings. The SMILES string of the molecule is Cc1ccc(C(C(=O)Nc2ccccc2C)N(C(=O)C(Cc2ccccc2)NC(=O)OC(C)(C)C)C(C)(C)C)cc1C. The van der Waals surface area contributed by atoms with E-state index in [9.17, 15) is 14.4 Å². The number of alkyl carbamates (subject to hydrolysis) is 1. The second kappa shape index (κ2) is 13.2. The van der Waals surface area contributed by atoms with E-state index < -0.39 is 29.3 Å². The molecule has 0 saturated heterocycles. The van der Waals surface area contributed by atoms with Gasteiger partial charge in [0.1, 0.15) is 17.7 Å². The van der Waals surface area contributed by atoms with Crippen LogP contribution < -0.4 is 10.6 Å². The van der Waals surface area contributed by atoms with Crippen LogP contribution >= 0.6 is 0 Å². The van der Waals surface area contributed by atoms with Crippen LogP contribution in [0.5, 0.6) is 0 Å². The first-order chi connectivity index (χ1) is 19.6. The molecule has 0 aliphatic heterocycles. The summed E-state index contributed by atoms with van der Waals surface area (Å²) in [4.78, 5) is 43.5. The lowest BCUT2D eigenvalue weighted by Gasteiger charge is -2.43. The molecule has 2 atom stereocenters. The lowest BCUT2D eigenvalue weighted by atomic mass is 9.92. The predicted octanol–water partition coefficient (Wildman–Crippen LogP) is 7.05. The van der Waals surface area contributed by atoms with Crippen molar-refractivity contribution in [1.29, 1.82) is 0 Å². The first-order valence-corrected chi connectivity index (χ1v) is 14.4. The van der Waals surface area contributed by atoms with Gasteiger partial charge in [-0.25, -0.2) is 4.79 Å². The molecule has 0 aliphatic rings. The van der Waals surface area contributed by atoms with Gasteiger partial charge in [0.15, 0.2) is 0 Å². The summed E-state index contributed by atoms with van der Waals surface area (Å²) in [6.07, 6.45) is -0.470. The fourth-order valence-electron chi connectivity index (χ4n) is 4.78. The third kappa shape index (κ3) is 8.68. The Kier molecular flexibility index (Phi) is 10.2. The van der Waals surface area contributed by atoms with Gasteiger partial charge in [0.2, 0.25) is 5.91 Å². The van der Waals surface area contributed by atoms with Crippen LogP contribution in [0.3, 0.4) is 0 Å². The Morgan fingerprint density at radius 1 is 0.786 bits per heavy atom. The Labute approximate surface area is 250 Å². The molecule has 2 N–H and O–H groups in total. The third-order valence-corrected chi connectivity index (χ3v) is 6.99. The van der Waals surface area contributed by atoms with E-state index in [0.717, 1.165) is 22.3 Å². The average Bonchev–Trinajstić information content (AvgIpc) is 2.88. The lowest BCUT2D eigenvalue weighted by molar-refractivity contribution is -0.146. The van der Waals surface area contributed by atoms with E-state index in [0.29, 0.717) is 11.3 Å². The van der Waals surface area contributed by atoms with E-state index in [-0.39, 0.29) is 18.2 Å². The molecular weight excluding hydrogens is 526 g/mol. The van der Waals surface area contributed by atoms with Crippen LogP contribution in [0.2, 0.25) is 0 Å². The topological polar surface area (TPSA) is 87.7 Å². The molecule has 7 heteroatoms. The fourth-order valence-corrected chi connectivity index (χ4v) is 4.78. The minimum Gasteiger partial charge on any atom is -0.444 e. The van der Waals surface area contributed by atoms with Crippen molar-refractivity contribution >= 4 is 23.6 Å². The monoisotopic (exact) mass is 571 g/mol. The van der Waals surface area contributed by atoms with Crippen molar-refractivity contribution < 1.29 is 19.1 Å². The first-order valence-electron chi connectivity index (χ1n) is 14.4. The number of nitrogens with zero attached hydrogens (tertiary/aromatic N) is 1. The molecule has 224 valence electrons. The molecule has 42 heavy (non-hydrogen) atoms. The summed E-state index contributed by atoms with van der Waals surface area (Å²) < 4.78 is 5.54. The number of benzene rings is 3. The Morgan fingerprint density at radius 3 is 1.98 bits per heavy atom. The maximum atomic E-state index is 14.7. The van der Waals surface area contributed by atoms with Crippen LogP contribution in [-0.2, 0) is 20.7 Å². The van der Waals surface area contributed by atoms with Crippen molar-refractivity contribution in [3.63, 3.8) is 0 Å². The molecule has 0 bridgehead atoms. The van der Waals surface area contributed by atoms with Gasteiger partial charge < -0.3 is 20.3 Å². The van der Waals surface area contributed by atoms with E-state index in [1.165, 1.54) is 0 Å². The van der Waals surface area contributed by atoms with Crippen LogP contribution in [0.25, 0.3) is 0 Å². The van der Waals surface area contributed by atoms with Gasteiger partial charge in [0.25, 0.3) is 5.91 Å². The summed E-state index contributed by atoms with van der Waals surface area (Å²) in [5, 5.41) is 5.88. The van der Waals surface area contributed by atoms with Gasteiger partial charge in [-0.1, -0.05) is 66.7 Å². The molecule has 0 fully saturated rings. The van der Waals surface area contributed by atoms with Crippen molar-refractivity contribution in [3.8, 4) is 0 Å². The van der Waals surface area contributed by atoms with E-state index in [2.05, 4.69) is 10.6 Å². The Hall–Kier alpha value is -4.13. The highest BCUT2D eigenvalue weighted by Crippen LogP contribution is 2.32. The molecule has 0 spiro atoms. The summed E-state index contributed by atoms with van der Waals surface area (Å²) in [5.41, 5.74) is 3.68. The Morgan fingerprint density at radius 2 is 1.40 bits per heavy atom. The van der Waals surface area contributed by atoms with Gasteiger partial charge in [-0.3, -0.25) is 9.59 Å². The van der Waals surface area contributed by atoms with Gasteiger partial charge >= 0.3 is 6.09 Å². The molecule has 7 nitrogen and oxygen atoms in total. The van der Waals surface area contributed by atoms with E-state index in [4.69, 9.17) is 4.74 Å². The number of nitrogens with one attached hydrogen (secondary N) is 2. The van der Waals surface area contributed by atoms with Crippen LogP contribution in [0.1, 0.15) is 75.4 Å². The van der Waals surface area contributed by atoms with Gasteiger partial charge in [-0.15, -0.1) is 0 Å². The quantitative estimate of drug-likeness (QED) is 0.303. The second-order valence-electron chi connectivity index (χ2n) is 12.8. The molecule has 0 radical (unpaired) electrons. The smallest absolute Gasteiger partial charge is 0.408 e. The molecule has 3 rings (SSSR count). The van der Waals surface area contributed by atoms with Crippen LogP contribution in [0.4, 0.5) is 10.5 Å². The van der Waals surface area contributed by atoms with Crippen molar-refractivity contribution in [2.75, 3.05) is 5.32 Å². The first kappa shape index (κ1) is 32.4. The largest absolute Gasteiger partial charge is 0.444 e. The van der Waals surface area contributed by atoms with Crippen molar-refractivity contribution in [2.45, 2.75) is 92.0 Å². The zero-order chi connectivity index (χ0) is 31.2. The zero-order valence-corrected chi connectivity index (χ0v) is 26.4. The van der Waals surface area contributed by atoms with Crippen LogP contribution in [-0.4, -0.2) is 40.0 Å². The molecule has 2 unspecified atom stereocenters. The number of hydrogen-bond donors (Lipinski definition) is 2. The van der Waals surface area contributed by atoms with Crippen molar-refractivity contribution in [1.82, 2.24) is 10.2 Å². The molecular formula is C35H45N3O4. The number of aryl methyl sites for hydroxylation is 3. The number of rotatable bonds is 8. The van der Waals surface area contributed by atoms with E-state index >= 15 is 0 Å². The van der Waals surface area contributed by atoms with Crippen molar-refractivity contribution in [3.05, 3.63) is 101 Å². The molecule has 0 saturated carbocycles. The minimum absolute atomic E-state index is 0.227. The number of hydrogen-bond acceptors (Lipinski definition) is 4. The number of ether oxygens (including phenoxy) is 1. The maximum Gasteiger partial charge on any atom is 0.408 e. The minimum atomic E-state index is -0.984. The van der Waals surface area contributed by atoms with Crippen LogP contribution in [0, 0.1) is 20.8 Å². The summed E-state index contributed by atoms with van der Waals surface area (Å²) in [6.45, 7) is 16.9. The standard InChI is InChI=1S/C35H45N3O4/c1-23-19-20-27(21-25(23)3)30(31(39)36-28-18-14-13-15-24(28)2)38(34(4,5)6)32(40)29(22-26-16-11-10-12-17-26)37-33(41)42-35(7,8)9/h10-21,29-30H,22H2,1-9H3,(H,36,39)(H,37,41). The van der Waals surface area contributed by atoms with Gasteiger partial charge in [0, 0.05) is 17.6 Å². The summed E-state index contributed by atoms with van der Waals surface area (Å²) in [7, 11) is 0. The number of carbonyl (C=O) groups is 3. The van der Waals surface area contributed by atoms with Gasteiger partial charge in [0.05, 0.1) is 0 Å². The van der Waals surface area contributed by atoms with E-state index in [1.54, 1.807) is 25.7 Å². The number of anilines is 1. The molecule has 0 heterocycles. The normalized spacial score (nSPS) is 13.1. The highest BCUT2D eigenvalue weighted by molar-refractivity contribution is 5.99. The number of carbonyl (C=O) groups excluding carboxylic acids is 3. The predicted molar refractivity (Wildman–Crippen MR) is 168 cm³/mol. The maximum absolute atomic E-state index is 14.7. The van der Waals surface area contributed by atoms with Gasteiger partial charge in [-0.05, 0) is 96.2 Å². The lowest BCUT2D eigenvalue weighted by Crippen LogP contribution is -2.58. The fraction of sp³-hybridized carbons (Fsp3) is 0.400. The van der Waals surface area contributed by atoms with Gasteiger partial charge in [-0.2, -0.15) is 0 Å². The summed E-state index contributed by atoms with van der Waals surface area (Å²) >= 11 is 0. The van der Waals surface area contributed by atoms with Crippen molar-refractivity contribution in [2.24, 2.45) is 0 Å². The third-order valence-electron chi connectivity index (χ3n) is 6.99. The average molecular weight is 572 g/mol. The Bertz CT molecular complexity index is 1400. The molecule has 0 aliphatic carbocycles. The molecule has 3 aromatic carbocycles. The molecule has 3 amide bonds. The number of para-hydroxylation sites is 1. The number of amides is 3. The highest BCUT2D eigenvalue weighted by Gasteiger charge is 2.42. The zero-order valence-electron chi connectivity index (χ0n) is 26.4.